The van der Waals surface area contributed by atoms with Crippen molar-refractivity contribution in [3.05, 3.63) is 59.7 Å². The molecule has 0 saturated carbocycles. The van der Waals surface area contributed by atoms with Crippen molar-refractivity contribution in [3.63, 3.8) is 0 Å². The Morgan fingerprint density at radius 2 is 1.47 bits per heavy atom. The van der Waals surface area contributed by atoms with Gasteiger partial charge in [0, 0.05) is 6.54 Å². The highest BCUT2D eigenvalue weighted by Crippen LogP contribution is 2.38. The molecule has 3 rings (SSSR count). The average Bonchev–Trinajstić information content (AvgIpc) is 2.80. The number of hydrogen-bond acceptors (Lipinski definition) is 5. The maximum Gasteiger partial charge on any atom is 0.227 e. The minimum absolute atomic E-state index is 0.0587. The van der Waals surface area contributed by atoms with Crippen LogP contribution in [0.3, 0.4) is 0 Å². The molecule has 3 aromatic rings. The summed E-state index contributed by atoms with van der Waals surface area (Å²) in [5.74, 6) is 2.09. The van der Waals surface area contributed by atoms with Gasteiger partial charge in [-0.15, -0.1) is 0 Å². The Kier molecular flexibility index (Phi) is 6.67. The minimum atomic E-state index is -0.293. The fourth-order valence-electron chi connectivity index (χ4n) is 3.37. The molecular formula is C24H27NO5. The normalized spacial score (nSPS) is 11.6. The van der Waals surface area contributed by atoms with Gasteiger partial charge in [0.1, 0.15) is 5.75 Å². The second-order valence-corrected chi connectivity index (χ2v) is 6.95. The molecule has 0 saturated heterocycles. The van der Waals surface area contributed by atoms with Gasteiger partial charge >= 0.3 is 0 Å². The van der Waals surface area contributed by atoms with Crippen molar-refractivity contribution >= 4 is 16.7 Å². The summed E-state index contributed by atoms with van der Waals surface area (Å²) >= 11 is 0. The topological polar surface area (TPSA) is 66.0 Å². The summed E-state index contributed by atoms with van der Waals surface area (Å²) in [6.45, 7) is 2.25. The molecule has 0 aliphatic carbocycles. The number of rotatable bonds is 8. The van der Waals surface area contributed by atoms with Crippen molar-refractivity contribution in [3.8, 4) is 23.0 Å². The van der Waals surface area contributed by atoms with Crippen LogP contribution in [0.2, 0.25) is 0 Å². The van der Waals surface area contributed by atoms with Crippen molar-refractivity contribution in [2.24, 2.45) is 0 Å². The van der Waals surface area contributed by atoms with Gasteiger partial charge in [-0.05, 0) is 53.1 Å². The van der Waals surface area contributed by atoms with Gasteiger partial charge < -0.3 is 24.3 Å². The van der Waals surface area contributed by atoms with Crippen LogP contribution < -0.4 is 24.3 Å². The number of amides is 1. The number of hydrogen-bond donors (Lipinski definition) is 1. The van der Waals surface area contributed by atoms with Gasteiger partial charge in [0.15, 0.2) is 11.5 Å². The summed E-state index contributed by atoms with van der Waals surface area (Å²) in [5, 5.41) is 5.13. The van der Waals surface area contributed by atoms with E-state index >= 15 is 0 Å². The zero-order valence-corrected chi connectivity index (χ0v) is 17.9. The van der Waals surface area contributed by atoms with Crippen LogP contribution in [0.5, 0.6) is 23.0 Å². The molecule has 0 heterocycles. The number of nitrogens with one attached hydrogen (secondary N) is 1. The first-order chi connectivity index (χ1) is 14.5. The van der Waals surface area contributed by atoms with Crippen LogP contribution in [-0.2, 0) is 11.3 Å². The van der Waals surface area contributed by atoms with E-state index < -0.39 is 0 Å². The molecule has 0 aromatic heterocycles. The van der Waals surface area contributed by atoms with Crippen LogP contribution in [-0.4, -0.2) is 34.3 Å². The van der Waals surface area contributed by atoms with Gasteiger partial charge in [-0.25, -0.2) is 0 Å². The van der Waals surface area contributed by atoms with Gasteiger partial charge in [-0.2, -0.15) is 0 Å². The van der Waals surface area contributed by atoms with Gasteiger partial charge in [-0.3, -0.25) is 4.79 Å². The molecule has 1 N–H and O–H groups in total. The summed E-state index contributed by atoms with van der Waals surface area (Å²) in [6, 6.07) is 15.6. The van der Waals surface area contributed by atoms with Gasteiger partial charge in [0.2, 0.25) is 11.7 Å². The van der Waals surface area contributed by atoms with Crippen LogP contribution in [0, 0.1) is 0 Å². The SMILES string of the molecule is COc1ccc2cc([C@H](C)C(=O)NCc3cc(OC)c(OC)c(OC)c3)ccc2c1. The standard InChI is InChI=1S/C24H27NO5/c1-15(17-6-7-19-13-20(27-2)9-8-18(19)12-17)24(26)25-14-16-10-21(28-3)23(30-5)22(11-16)29-4/h6-13,15H,14H2,1-5H3,(H,25,26)/t15-/m0/s1. The van der Waals surface area contributed by atoms with E-state index in [0.717, 1.165) is 27.6 Å². The van der Waals surface area contributed by atoms with Gasteiger partial charge in [-0.1, -0.05) is 24.3 Å². The molecule has 0 spiro atoms. The molecule has 158 valence electrons. The van der Waals surface area contributed by atoms with Crippen molar-refractivity contribution in [2.45, 2.75) is 19.4 Å². The molecular weight excluding hydrogens is 382 g/mol. The second kappa shape index (κ2) is 9.39. The second-order valence-electron chi connectivity index (χ2n) is 6.95. The average molecular weight is 409 g/mol. The quantitative estimate of drug-likeness (QED) is 0.601. The Bertz CT molecular complexity index is 1020. The van der Waals surface area contributed by atoms with Crippen molar-refractivity contribution < 1.29 is 23.7 Å². The molecule has 6 nitrogen and oxygen atoms in total. The largest absolute Gasteiger partial charge is 0.497 e. The van der Waals surface area contributed by atoms with Gasteiger partial charge in [0.25, 0.3) is 0 Å². The van der Waals surface area contributed by atoms with E-state index in [2.05, 4.69) is 5.32 Å². The van der Waals surface area contributed by atoms with E-state index in [1.807, 2.05) is 55.5 Å². The Labute approximate surface area is 176 Å². The number of fused-ring (bicyclic) bond motifs is 1. The molecule has 1 atom stereocenters. The van der Waals surface area contributed by atoms with Gasteiger partial charge in [0.05, 0.1) is 34.4 Å². The van der Waals surface area contributed by atoms with Crippen molar-refractivity contribution in [1.82, 2.24) is 5.32 Å². The van der Waals surface area contributed by atoms with E-state index in [1.54, 1.807) is 28.4 Å². The summed E-state index contributed by atoms with van der Waals surface area (Å²) in [5.41, 5.74) is 1.81. The number of carbonyl (C=O) groups is 1. The lowest BCUT2D eigenvalue weighted by Gasteiger charge is -2.16. The summed E-state index contributed by atoms with van der Waals surface area (Å²) in [6.07, 6.45) is 0. The lowest BCUT2D eigenvalue weighted by molar-refractivity contribution is -0.122. The predicted octanol–water partition coefficient (Wildman–Crippen LogP) is 4.29. The van der Waals surface area contributed by atoms with Crippen molar-refractivity contribution in [2.75, 3.05) is 28.4 Å². The molecule has 30 heavy (non-hydrogen) atoms. The highest BCUT2D eigenvalue weighted by molar-refractivity contribution is 5.88. The zero-order chi connectivity index (χ0) is 21.7. The Morgan fingerprint density at radius 3 is 2.07 bits per heavy atom. The number of ether oxygens (including phenoxy) is 4. The number of benzene rings is 3. The molecule has 0 bridgehead atoms. The van der Waals surface area contributed by atoms with Crippen LogP contribution in [0.15, 0.2) is 48.5 Å². The Morgan fingerprint density at radius 1 is 0.833 bits per heavy atom. The van der Waals surface area contributed by atoms with E-state index in [0.29, 0.717) is 23.8 Å². The minimum Gasteiger partial charge on any atom is -0.497 e. The van der Waals surface area contributed by atoms with E-state index in [9.17, 15) is 4.79 Å². The molecule has 3 aromatic carbocycles. The lowest BCUT2D eigenvalue weighted by atomic mass is 9.97. The van der Waals surface area contributed by atoms with E-state index in [-0.39, 0.29) is 11.8 Å². The van der Waals surface area contributed by atoms with Crippen LogP contribution in [0.25, 0.3) is 10.8 Å². The molecule has 0 aliphatic rings. The summed E-state index contributed by atoms with van der Waals surface area (Å²) < 4.78 is 21.4. The molecule has 6 heteroatoms. The third-order valence-electron chi connectivity index (χ3n) is 5.16. The smallest absolute Gasteiger partial charge is 0.227 e. The van der Waals surface area contributed by atoms with Crippen LogP contribution >= 0.6 is 0 Å². The number of carbonyl (C=O) groups excluding carboxylic acids is 1. The maximum atomic E-state index is 12.8. The molecule has 0 radical (unpaired) electrons. The Balaban J connectivity index is 1.74. The van der Waals surface area contributed by atoms with Crippen LogP contribution in [0.4, 0.5) is 0 Å². The summed E-state index contributed by atoms with van der Waals surface area (Å²) in [7, 11) is 6.34. The first-order valence-electron chi connectivity index (χ1n) is 9.65. The first-order valence-corrected chi connectivity index (χ1v) is 9.65. The monoisotopic (exact) mass is 409 g/mol. The maximum absolute atomic E-state index is 12.8. The van der Waals surface area contributed by atoms with Crippen LogP contribution in [0.1, 0.15) is 24.0 Å². The first kappa shape index (κ1) is 21.3. The van der Waals surface area contributed by atoms with E-state index in [4.69, 9.17) is 18.9 Å². The summed E-state index contributed by atoms with van der Waals surface area (Å²) in [4.78, 5) is 12.8. The number of methoxy groups -OCH3 is 4. The highest BCUT2D eigenvalue weighted by Gasteiger charge is 2.17. The lowest BCUT2D eigenvalue weighted by Crippen LogP contribution is -2.27. The zero-order valence-electron chi connectivity index (χ0n) is 17.9. The fraction of sp³-hybridized carbons (Fsp3) is 0.292. The highest BCUT2D eigenvalue weighted by atomic mass is 16.5. The molecule has 0 fully saturated rings. The third-order valence-corrected chi connectivity index (χ3v) is 5.16. The Hall–Kier alpha value is -3.41. The van der Waals surface area contributed by atoms with Crippen molar-refractivity contribution in [1.29, 1.82) is 0 Å². The third kappa shape index (κ3) is 4.43. The van der Waals surface area contributed by atoms with E-state index in [1.165, 1.54) is 0 Å². The fourth-order valence-corrected chi connectivity index (χ4v) is 3.37. The predicted molar refractivity (Wildman–Crippen MR) is 117 cm³/mol. The molecule has 1 amide bonds. The molecule has 0 unspecified atom stereocenters. The molecule has 0 aliphatic heterocycles.